The number of halogens is 1. The Balaban J connectivity index is 1.30. The largest absolute Gasteiger partial charge is 0.354 e. The van der Waals surface area contributed by atoms with E-state index >= 15 is 0 Å². The maximum Gasteiger partial charge on any atom is 0.254 e. The number of nitrogens with one attached hydrogen (secondary N) is 1. The van der Waals surface area contributed by atoms with Crippen LogP contribution in [0.5, 0.6) is 0 Å². The van der Waals surface area contributed by atoms with Crippen molar-refractivity contribution in [3.8, 4) is 0 Å². The topological polar surface area (TPSA) is 78.7 Å². The lowest BCUT2D eigenvalue weighted by atomic mass is 10.2. The van der Waals surface area contributed by atoms with E-state index < -0.39 is 5.82 Å². The van der Waals surface area contributed by atoms with Gasteiger partial charge in [-0.3, -0.25) is 9.69 Å². The van der Waals surface area contributed by atoms with Crippen LogP contribution in [0.4, 0.5) is 15.9 Å². The van der Waals surface area contributed by atoms with Gasteiger partial charge >= 0.3 is 0 Å². The molecule has 0 radical (unpaired) electrons. The van der Waals surface area contributed by atoms with Gasteiger partial charge in [0.1, 0.15) is 18.0 Å². The quantitative estimate of drug-likeness (QED) is 0.723. The second-order valence-electron chi connectivity index (χ2n) is 6.83. The van der Waals surface area contributed by atoms with Crippen LogP contribution in [0.1, 0.15) is 12.1 Å². The highest BCUT2D eigenvalue weighted by molar-refractivity contribution is 5.90. The van der Waals surface area contributed by atoms with Crippen LogP contribution in [0, 0.1) is 12.7 Å². The van der Waals surface area contributed by atoms with E-state index in [-0.39, 0.29) is 11.6 Å². The summed E-state index contributed by atoms with van der Waals surface area (Å²) in [6.07, 6.45) is 1.84. The number of amides is 1. The Hall–Kier alpha value is -3.07. The summed E-state index contributed by atoms with van der Waals surface area (Å²) in [4.78, 5) is 25.2. The number of fused-ring (bicyclic) bond motifs is 1. The van der Waals surface area contributed by atoms with Crippen molar-refractivity contribution in [1.29, 1.82) is 0 Å². The molecule has 1 aromatic carbocycles. The fourth-order valence-electron chi connectivity index (χ4n) is 3.37. The first-order valence-corrected chi connectivity index (χ1v) is 9.29. The Morgan fingerprint density at radius 2 is 2.00 bits per heavy atom. The molecular weight excluding hydrogens is 361 g/mol. The fraction of sp³-hybridized carbons (Fsp3) is 0.368. The van der Waals surface area contributed by atoms with Gasteiger partial charge < -0.3 is 10.2 Å². The van der Waals surface area contributed by atoms with E-state index in [2.05, 4.69) is 30.2 Å². The zero-order valence-electron chi connectivity index (χ0n) is 15.7. The van der Waals surface area contributed by atoms with Crippen LogP contribution >= 0.6 is 0 Å². The van der Waals surface area contributed by atoms with E-state index in [1.165, 1.54) is 12.4 Å². The molecule has 3 aromatic rings. The van der Waals surface area contributed by atoms with Crippen LogP contribution in [-0.4, -0.2) is 63.1 Å². The standard InChI is InChI=1S/C19H22FN7O/c1-14-12-18(27-19(23-14)21-13-22-27)26-10-8-25(9-11-26)7-6-17(28)24-16-5-3-2-4-15(16)20/h2-5,12-13H,6-11H2,1H3,(H,24,28). The summed E-state index contributed by atoms with van der Waals surface area (Å²) < 4.78 is 15.4. The van der Waals surface area contributed by atoms with Gasteiger partial charge in [0.05, 0.1) is 5.69 Å². The number of nitrogens with zero attached hydrogens (tertiary/aromatic N) is 6. The van der Waals surface area contributed by atoms with Crippen LogP contribution in [0.3, 0.4) is 0 Å². The summed E-state index contributed by atoms with van der Waals surface area (Å²) in [5.41, 5.74) is 1.13. The molecule has 2 aromatic heterocycles. The van der Waals surface area contributed by atoms with Crippen molar-refractivity contribution in [2.45, 2.75) is 13.3 Å². The highest BCUT2D eigenvalue weighted by atomic mass is 19.1. The summed E-state index contributed by atoms with van der Waals surface area (Å²) in [6.45, 7) is 5.92. The number of benzene rings is 1. The molecule has 0 unspecified atom stereocenters. The summed E-state index contributed by atoms with van der Waals surface area (Å²) in [6, 6.07) is 8.21. The van der Waals surface area contributed by atoms with Crippen LogP contribution in [0.15, 0.2) is 36.7 Å². The van der Waals surface area contributed by atoms with Gasteiger partial charge in [0.2, 0.25) is 5.91 Å². The number of hydrogen-bond acceptors (Lipinski definition) is 6. The summed E-state index contributed by atoms with van der Waals surface area (Å²) in [7, 11) is 0. The van der Waals surface area contributed by atoms with E-state index in [4.69, 9.17) is 0 Å². The van der Waals surface area contributed by atoms with Crippen molar-refractivity contribution in [1.82, 2.24) is 24.5 Å². The lowest BCUT2D eigenvalue weighted by Gasteiger charge is -2.35. The van der Waals surface area contributed by atoms with Crippen molar-refractivity contribution < 1.29 is 9.18 Å². The van der Waals surface area contributed by atoms with Crippen molar-refractivity contribution >= 4 is 23.2 Å². The van der Waals surface area contributed by atoms with E-state index in [0.717, 1.165) is 37.7 Å². The molecule has 9 heteroatoms. The number of hydrogen-bond donors (Lipinski definition) is 1. The first-order valence-electron chi connectivity index (χ1n) is 9.29. The predicted octanol–water partition coefficient (Wildman–Crippen LogP) is 1.72. The average Bonchev–Trinajstić information content (AvgIpc) is 3.16. The van der Waals surface area contributed by atoms with Gasteiger partial charge in [0.15, 0.2) is 0 Å². The molecule has 1 aliphatic heterocycles. The zero-order chi connectivity index (χ0) is 19.5. The number of aryl methyl sites for hydroxylation is 1. The molecule has 1 saturated heterocycles. The van der Waals surface area contributed by atoms with Gasteiger partial charge in [0, 0.05) is 50.9 Å². The summed E-state index contributed by atoms with van der Waals surface area (Å²) >= 11 is 0. The minimum Gasteiger partial charge on any atom is -0.354 e. The molecule has 0 aliphatic carbocycles. The Kier molecular flexibility index (Phi) is 5.16. The molecule has 1 fully saturated rings. The molecule has 0 saturated carbocycles. The second-order valence-corrected chi connectivity index (χ2v) is 6.83. The van der Waals surface area contributed by atoms with Crippen LogP contribution in [0.2, 0.25) is 0 Å². The third-order valence-corrected chi connectivity index (χ3v) is 4.86. The predicted molar refractivity (Wildman–Crippen MR) is 104 cm³/mol. The highest BCUT2D eigenvalue weighted by Crippen LogP contribution is 2.18. The molecule has 28 heavy (non-hydrogen) atoms. The molecule has 3 heterocycles. The molecule has 4 rings (SSSR count). The molecular formula is C19H22FN7O. The smallest absolute Gasteiger partial charge is 0.254 e. The lowest BCUT2D eigenvalue weighted by Crippen LogP contribution is -2.47. The van der Waals surface area contributed by atoms with Crippen molar-refractivity contribution in [3.63, 3.8) is 0 Å². The number of anilines is 2. The van der Waals surface area contributed by atoms with Gasteiger partial charge in [-0.05, 0) is 19.1 Å². The van der Waals surface area contributed by atoms with Gasteiger partial charge in [0.25, 0.3) is 5.78 Å². The average molecular weight is 383 g/mol. The van der Waals surface area contributed by atoms with Gasteiger partial charge in [-0.15, -0.1) is 0 Å². The van der Waals surface area contributed by atoms with Crippen molar-refractivity contribution in [2.75, 3.05) is 42.9 Å². The Morgan fingerprint density at radius 1 is 1.21 bits per heavy atom. The molecule has 8 nitrogen and oxygen atoms in total. The fourth-order valence-corrected chi connectivity index (χ4v) is 3.37. The maximum atomic E-state index is 13.6. The van der Waals surface area contributed by atoms with E-state index in [1.807, 2.05) is 13.0 Å². The van der Waals surface area contributed by atoms with Crippen LogP contribution in [-0.2, 0) is 4.79 Å². The molecule has 0 bridgehead atoms. The molecule has 1 aliphatic rings. The molecule has 1 amide bonds. The number of piperazine rings is 1. The van der Waals surface area contributed by atoms with E-state index in [9.17, 15) is 9.18 Å². The van der Waals surface area contributed by atoms with E-state index in [1.54, 1.807) is 22.7 Å². The number of carbonyl (C=O) groups is 1. The number of carbonyl (C=O) groups excluding carboxylic acids is 1. The third-order valence-electron chi connectivity index (χ3n) is 4.86. The van der Waals surface area contributed by atoms with Gasteiger partial charge in [-0.2, -0.15) is 14.6 Å². The molecule has 0 spiro atoms. The Morgan fingerprint density at radius 3 is 2.79 bits per heavy atom. The molecule has 0 atom stereocenters. The minimum atomic E-state index is -0.420. The zero-order valence-corrected chi connectivity index (χ0v) is 15.7. The van der Waals surface area contributed by atoms with Gasteiger partial charge in [-0.1, -0.05) is 12.1 Å². The number of aromatic nitrogens is 4. The van der Waals surface area contributed by atoms with Crippen molar-refractivity contribution in [2.24, 2.45) is 0 Å². The monoisotopic (exact) mass is 383 g/mol. The van der Waals surface area contributed by atoms with Crippen molar-refractivity contribution in [3.05, 3.63) is 48.2 Å². The maximum absolute atomic E-state index is 13.6. The molecule has 1 N–H and O–H groups in total. The number of para-hydroxylation sites is 1. The third kappa shape index (κ3) is 3.94. The SMILES string of the molecule is Cc1cc(N2CCN(CCC(=O)Nc3ccccc3F)CC2)n2ncnc2n1. The summed E-state index contributed by atoms with van der Waals surface area (Å²) in [5, 5.41) is 6.90. The Bertz CT molecular complexity index is 981. The van der Waals surface area contributed by atoms with Crippen LogP contribution < -0.4 is 10.2 Å². The van der Waals surface area contributed by atoms with Gasteiger partial charge in [-0.25, -0.2) is 9.37 Å². The summed E-state index contributed by atoms with van der Waals surface area (Å²) in [5.74, 6) is 0.984. The molecule has 146 valence electrons. The second kappa shape index (κ2) is 7.89. The van der Waals surface area contributed by atoms with E-state index in [0.29, 0.717) is 18.7 Å². The Labute approximate surface area is 162 Å². The first kappa shape index (κ1) is 18.3. The first-order chi connectivity index (χ1) is 13.6. The number of rotatable bonds is 5. The highest BCUT2D eigenvalue weighted by Gasteiger charge is 2.20. The minimum absolute atomic E-state index is 0.179. The lowest BCUT2D eigenvalue weighted by molar-refractivity contribution is -0.116. The van der Waals surface area contributed by atoms with Crippen LogP contribution in [0.25, 0.3) is 5.78 Å². The normalized spacial score (nSPS) is 15.1.